The van der Waals surface area contributed by atoms with Crippen molar-refractivity contribution in [1.29, 1.82) is 0 Å². The second-order valence-electron chi connectivity index (χ2n) is 7.69. The number of nitrogens with one attached hydrogen (secondary N) is 2. The van der Waals surface area contributed by atoms with E-state index in [0.717, 1.165) is 24.8 Å². The van der Waals surface area contributed by atoms with Crippen LogP contribution in [-0.2, 0) is 21.2 Å². The van der Waals surface area contributed by atoms with Crippen molar-refractivity contribution < 1.29 is 13.2 Å². The highest BCUT2D eigenvalue weighted by Gasteiger charge is 2.30. The first-order chi connectivity index (χ1) is 13.8. The first kappa shape index (κ1) is 21.8. The van der Waals surface area contributed by atoms with E-state index in [1.807, 2.05) is 30.3 Å². The van der Waals surface area contributed by atoms with Crippen molar-refractivity contribution in [3.63, 3.8) is 0 Å². The van der Waals surface area contributed by atoms with Crippen LogP contribution in [0.3, 0.4) is 0 Å². The van der Waals surface area contributed by atoms with E-state index in [4.69, 9.17) is 11.6 Å². The number of amides is 1. The molecular weight excluding hydrogens is 408 g/mol. The summed E-state index contributed by atoms with van der Waals surface area (Å²) in [5, 5.41) is 3.54. The van der Waals surface area contributed by atoms with E-state index < -0.39 is 16.1 Å². The van der Waals surface area contributed by atoms with Crippen LogP contribution in [0, 0.1) is 5.92 Å². The lowest BCUT2D eigenvalue weighted by molar-refractivity contribution is -0.124. The van der Waals surface area contributed by atoms with Crippen molar-refractivity contribution in [3.8, 4) is 0 Å². The largest absolute Gasteiger partial charge is 0.352 e. The van der Waals surface area contributed by atoms with Crippen molar-refractivity contribution in [3.05, 3.63) is 65.2 Å². The van der Waals surface area contributed by atoms with Gasteiger partial charge in [-0.25, -0.2) is 8.42 Å². The third kappa shape index (κ3) is 6.04. The van der Waals surface area contributed by atoms with Gasteiger partial charge < -0.3 is 5.32 Å². The number of rotatable bonds is 7. The zero-order valence-corrected chi connectivity index (χ0v) is 18.0. The quantitative estimate of drug-likeness (QED) is 0.693. The molecule has 2 aromatic carbocycles. The number of hydrogen-bond donors (Lipinski definition) is 2. The molecule has 0 radical (unpaired) electrons. The van der Waals surface area contributed by atoms with Gasteiger partial charge >= 0.3 is 0 Å². The molecule has 0 bridgehead atoms. The molecular formula is C22H27ClN2O3S. The maximum atomic E-state index is 13.1. The Morgan fingerprint density at radius 1 is 1.07 bits per heavy atom. The lowest BCUT2D eigenvalue weighted by Gasteiger charge is -2.31. The van der Waals surface area contributed by atoms with Crippen LogP contribution in [0.4, 0.5) is 0 Å². The summed E-state index contributed by atoms with van der Waals surface area (Å²) in [4.78, 5) is 13.1. The van der Waals surface area contributed by atoms with Crippen molar-refractivity contribution in [2.45, 2.75) is 56.0 Å². The highest BCUT2D eigenvalue weighted by atomic mass is 35.5. The molecule has 3 atom stereocenters. The Balaban J connectivity index is 1.80. The molecule has 0 spiro atoms. The number of sulfonamides is 1. The van der Waals surface area contributed by atoms with Gasteiger partial charge in [0.15, 0.2) is 0 Å². The summed E-state index contributed by atoms with van der Waals surface area (Å²) in [7, 11) is -3.87. The summed E-state index contributed by atoms with van der Waals surface area (Å²) in [6.45, 7) is 2.13. The molecule has 1 amide bonds. The fourth-order valence-corrected chi connectivity index (χ4v) is 5.04. The van der Waals surface area contributed by atoms with Crippen LogP contribution in [0.2, 0.25) is 5.02 Å². The fourth-order valence-electron chi connectivity index (χ4n) is 3.72. The van der Waals surface area contributed by atoms with Gasteiger partial charge in [-0.2, -0.15) is 4.72 Å². The van der Waals surface area contributed by atoms with E-state index in [1.54, 1.807) is 0 Å². The second kappa shape index (κ2) is 9.74. The zero-order chi connectivity index (χ0) is 20.9. The highest BCUT2D eigenvalue weighted by Crippen LogP contribution is 2.24. The molecule has 1 aliphatic carbocycles. The molecule has 1 aliphatic rings. The normalized spacial score (nSPS) is 20.8. The molecule has 0 aromatic heterocycles. The van der Waals surface area contributed by atoms with Crippen LogP contribution in [0.15, 0.2) is 59.5 Å². The monoisotopic (exact) mass is 434 g/mol. The van der Waals surface area contributed by atoms with Crippen molar-refractivity contribution >= 4 is 27.5 Å². The molecule has 0 saturated heterocycles. The van der Waals surface area contributed by atoms with Gasteiger partial charge in [-0.1, -0.05) is 61.7 Å². The summed E-state index contributed by atoms with van der Waals surface area (Å²) in [5.41, 5.74) is 0.892. The minimum atomic E-state index is -3.87. The molecule has 2 aromatic rings. The van der Waals surface area contributed by atoms with Crippen molar-refractivity contribution in [2.24, 2.45) is 5.92 Å². The van der Waals surface area contributed by atoms with E-state index >= 15 is 0 Å². The first-order valence-electron chi connectivity index (χ1n) is 9.97. The average molecular weight is 435 g/mol. The second-order valence-corrected chi connectivity index (χ2v) is 9.84. The molecule has 1 fully saturated rings. The summed E-state index contributed by atoms with van der Waals surface area (Å²) in [6, 6.07) is 14.5. The van der Waals surface area contributed by atoms with E-state index in [0.29, 0.717) is 10.9 Å². The van der Waals surface area contributed by atoms with Crippen LogP contribution >= 0.6 is 11.6 Å². The van der Waals surface area contributed by atoms with Gasteiger partial charge in [-0.15, -0.1) is 0 Å². The Morgan fingerprint density at radius 2 is 1.72 bits per heavy atom. The number of hydrogen-bond acceptors (Lipinski definition) is 3. The number of carbonyl (C=O) groups is 1. The van der Waals surface area contributed by atoms with E-state index in [1.165, 1.54) is 30.7 Å². The van der Waals surface area contributed by atoms with Gasteiger partial charge in [-0.3, -0.25) is 4.79 Å². The van der Waals surface area contributed by atoms with Crippen LogP contribution < -0.4 is 10.0 Å². The standard InChI is InChI=1S/C22H27ClN2O3S/c1-16-7-5-6-10-20(16)24-22(26)21(15-17-8-3-2-4-9-17)25-29(27,28)19-13-11-18(23)12-14-19/h2-4,8-9,11-14,16,20-21,25H,5-7,10,15H2,1H3,(H,24,26)/t16-,20+,21+/m1/s1. The smallest absolute Gasteiger partial charge is 0.241 e. The average Bonchev–Trinajstić information content (AvgIpc) is 2.70. The van der Waals surface area contributed by atoms with Gasteiger partial charge in [0.2, 0.25) is 15.9 Å². The lowest BCUT2D eigenvalue weighted by atomic mass is 9.86. The summed E-state index contributed by atoms with van der Waals surface area (Å²) in [6.07, 6.45) is 4.53. The van der Waals surface area contributed by atoms with Gasteiger partial charge in [0.05, 0.1) is 4.90 Å². The molecule has 3 rings (SSSR count). The van der Waals surface area contributed by atoms with Crippen LogP contribution in [0.5, 0.6) is 0 Å². The maximum Gasteiger partial charge on any atom is 0.241 e. The van der Waals surface area contributed by atoms with E-state index in [2.05, 4.69) is 17.0 Å². The number of carbonyl (C=O) groups excluding carboxylic acids is 1. The SMILES string of the molecule is C[C@@H]1CCCC[C@@H]1NC(=O)[C@H](Cc1ccccc1)NS(=O)(=O)c1ccc(Cl)cc1. The van der Waals surface area contributed by atoms with Gasteiger partial charge in [0, 0.05) is 11.1 Å². The highest BCUT2D eigenvalue weighted by molar-refractivity contribution is 7.89. The summed E-state index contributed by atoms with van der Waals surface area (Å²) >= 11 is 5.87. The Bertz CT molecular complexity index is 917. The topological polar surface area (TPSA) is 75.3 Å². The van der Waals surface area contributed by atoms with Gasteiger partial charge in [-0.05, 0) is 55.0 Å². The molecule has 156 valence electrons. The summed E-state index contributed by atoms with van der Waals surface area (Å²) in [5.74, 6) is 0.100. The molecule has 0 aliphatic heterocycles. The van der Waals surface area contributed by atoms with Crippen LogP contribution in [0.1, 0.15) is 38.2 Å². The van der Waals surface area contributed by atoms with Crippen LogP contribution in [-0.4, -0.2) is 26.4 Å². The predicted octanol–water partition coefficient (Wildman–Crippen LogP) is 3.92. The minimum absolute atomic E-state index is 0.0783. The third-order valence-electron chi connectivity index (χ3n) is 5.46. The Labute approximate surface area is 177 Å². The van der Waals surface area contributed by atoms with Gasteiger partial charge in [0.25, 0.3) is 0 Å². The minimum Gasteiger partial charge on any atom is -0.352 e. The van der Waals surface area contributed by atoms with Crippen LogP contribution in [0.25, 0.3) is 0 Å². The predicted molar refractivity (Wildman–Crippen MR) is 115 cm³/mol. The molecule has 1 saturated carbocycles. The number of benzene rings is 2. The summed E-state index contributed by atoms with van der Waals surface area (Å²) < 4.78 is 28.3. The fraction of sp³-hybridized carbons (Fsp3) is 0.409. The van der Waals surface area contributed by atoms with Crippen molar-refractivity contribution in [1.82, 2.24) is 10.0 Å². The Hall–Kier alpha value is -1.89. The third-order valence-corrected chi connectivity index (χ3v) is 7.20. The molecule has 5 nitrogen and oxygen atoms in total. The van der Waals surface area contributed by atoms with E-state index in [-0.39, 0.29) is 23.3 Å². The van der Waals surface area contributed by atoms with Crippen molar-refractivity contribution in [2.75, 3.05) is 0 Å². The van der Waals surface area contributed by atoms with Gasteiger partial charge in [0.1, 0.15) is 6.04 Å². The maximum absolute atomic E-state index is 13.1. The van der Waals surface area contributed by atoms with E-state index in [9.17, 15) is 13.2 Å². The Morgan fingerprint density at radius 3 is 2.38 bits per heavy atom. The first-order valence-corrected chi connectivity index (χ1v) is 11.8. The molecule has 7 heteroatoms. The number of halogens is 1. The Kier molecular flexibility index (Phi) is 7.33. The lowest BCUT2D eigenvalue weighted by Crippen LogP contribution is -2.52. The molecule has 2 N–H and O–H groups in total. The molecule has 0 heterocycles. The zero-order valence-electron chi connectivity index (χ0n) is 16.5. The molecule has 0 unspecified atom stereocenters. The molecule has 29 heavy (non-hydrogen) atoms.